The number of aromatic nitrogens is 1. The molecule has 3 N–H and O–H groups in total. The standard InChI is InChI=1S/C30H27F2N3O4/c1-38-24-9-8-19(28(16-24)39-2)14-29(36)35-26(21-12-22(31)15-23(32)13-21)17-27-25(7-4-10-34-27)18-5-3-6-20(11-18)30(33)37/h3-13,15-16,26H,14,17H2,1-2H3,(H2,33,37)(H,35,36). The number of pyridine rings is 1. The second kappa shape index (κ2) is 12.2. The Balaban J connectivity index is 1.67. The summed E-state index contributed by atoms with van der Waals surface area (Å²) in [6.45, 7) is 0. The molecule has 4 rings (SSSR count). The molecule has 0 aliphatic rings. The van der Waals surface area contributed by atoms with Crippen LogP contribution in [0, 0.1) is 11.6 Å². The van der Waals surface area contributed by atoms with E-state index in [1.807, 2.05) is 6.07 Å². The lowest BCUT2D eigenvalue weighted by Crippen LogP contribution is -2.31. The molecule has 0 radical (unpaired) electrons. The number of amides is 2. The molecule has 0 bridgehead atoms. The molecule has 0 aliphatic carbocycles. The largest absolute Gasteiger partial charge is 0.497 e. The van der Waals surface area contributed by atoms with E-state index in [0.29, 0.717) is 39.4 Å². The van der Waals surface area contributed by atoms with E-state index >= 15 is 0 Å². The van der Waals surface area contributed by atoms with E-state index in [4.69, 9.17) is 15.2 Å². The van der Waals surface area contributed by atoms with E-state index in [-0.39, 0.29) is 24.3 Å². The Morgan fingerprint density at radius 3 is 2.41 bits per heavy atom. The van der Waals surface area contributed by atoms with Gasteiger partial charge < -0.3 is 20.5 Å². The Morgan fingerprint density at radius 2 is 1.72 bits per heavy atom. The fourth-order valence-electron chi connectivity index (χ4n) is 4.34. The summed E-state index contributed by atoms with van der Waals surface area (Å²) in [6, 6.07) is 17.7. The van der Waals surface area contributed by atoms with Gasteiger partial charge in [-0.25, -0.2) is 8.78 Å². The molecule has 0 aliphatic heterocycles. The van der Waals surface area contributed by atoms with Gasteiger partial charge in [-0.3, -0.25) is 14.6 Å². The van der Waals surface area contributed by atoms with Gasteiger partial charge in [-0.15, -0.1) is 0 Å². The summed E-state index contributed by atoms with van der Waals surface area (Å²) < 4.78 is 39.0. The van der Waals surface area contributed by atoms with E-state index in [0.717, 1.165) is 6.07 Å². The Morgan fingerprint density at radius 1 is 0.949 bits per heavy atom. The molecule has 0 fully saturated rings. The average molecular weight is 532 g/mol. The van der Waals surface area contributed by atoms with Crippen LogP contribution in [0.4, 0.5) is 8.78 Å². The third-order valence-corrected chi connectivity index (χ3v) is 6.21. The molecular formula is C30H27F2N3O4. The first-order valence-electron chi connectivity index (χ1n) is 12.1. The summed E-state index contributed by atoms with van der Waals surface area (Å²) in [7, 11) is 3.02. The third kappa shape index (κ3) is 6.75. The normalized spacial score (nSPS) is 11.5. The quantitative estimate of drug-likeness (QED) is 0.306. The number of benzene rings is 3. The van der Waals surface area contributed by atoms with Gasteiger partial charge >= 0.3 is 0 Å². The highest BCUT2D eigenvalue weighted by Gasteiger charge is 2.21. The molecule has 1 unspecified atom stereocenters. The number of nitrogens with zero attached hydrogens (tertiary/aromatic N) is 1. The number of nitrogens with one attached hydrogen (secondary N) is 1. The van der Waals surface area contributed by atoms with Crippen LogP contribution >= 0.6 is 0 Å². The maximum atomic E-state index is 14.2. The summed E-state index contributed by atoms with van der Waals surface area (Å²) in [5.41, 5.74) is 8.56. The van der Waals surface area contributed by atoms with Crippen molar-refractivity contribution in [3.8, 4) is 22.6 Å². The second-order valence-corrected chi connectivity index (χ2v) is 8.82. The number of methoxy groups -OCH3 is 2. The fourth-order valence-corrected chi connectivity index (χ4v) is 4.34. The molecule has 39 heavy (non-hydrogen) atoms. The first-order chi connectivity index (χ1) is 18.8. The van der Waals surface area contributed by atoms with Gasteiger partial charge in [-0.1, -0.05) is 24.3 Å². The predicted octanol–water partition coefficient (Wildman–Crippen LogP) is 4.79. The number of rotatable bonds is 10. The van der Waals surface area contributed by atoms with Crippen molar-refractivity contribution in [2.45, 2.75) is 18.9 Å². The number of carbonyl (C=O) groups is 2. The van der Waals surface area contributed by atoms with Gasteiger partial charge in [-0.2, -0.15) is 0 Å². The van der Waals surface area contributed by atoms with Crippen LogP contribution in [0.1, 0.15) is 33.2 Å². The van der Waals surface area contributed by atoms with Crippen LogP contribution in [-0.4, -0.2) is 31.0 Å². The number of carbonyl (C=O) groups excluding carboxylic acids is 2. The van der Waals surface area contributed by atoms with Crippen molar-refractivity contribution >= 4 is 11.8 Å². The van der Waals surface area contributed by atoms with Gasteiger partial charge in [0.25, 0.3) is 0 Å². The minimum atomic E-state index is -0.820. The minimum absolute atomic E-state index is 0.0444. The van der Waals surface area contributed by atoms with E-state index in [1.54, 1.807) is 54.7 Å². The zero-order chi connectivity index (χ0) is 27.9. The highest BCUT2D eigenvalue weighted by molar-refractivity contribution is 5.94. The smallest absolute Gasteiger partial charge is 0.248 e. The zero-order valence-corrected chi connectivity index (χ0v) is 21.4. The highest BCUT2D eigenvalue weighted by Crippen LogP contribution is 2.29. The van der Waals surface area contributed by atoms with Gasteiger partial charge in [0, 0.05) is 41.4 Å². The van der Waals surface area contributed by atoms with Crippen LogP contribution in [0.25, 0.3) is 11.1 Å². The highest BCUT2D eigenvalue weighted by atomic mass is 19.1. The van der Waals surface area contributed by atoms with Crippen LogP contribution in [-0.2, 0) is 17.6 Å². The molecule has 1 heterocycles. The molecule has 4 aromatic rings. The van der Waals surface area contributed by atoms with E-state index in [9.17, 15) is 18.4 Å². The van der Waals surface area contributed by atoms with Crippen LogP contribution in [0.15, 0.2) is 79.0 Å². The molecule has 9 heteroatoms. The van der Waals surface area contributed by atoms with Crippen molar-refractivity contribution in [2.24, 2.45) is 5.73 Å². The van der Waals surface area contributed by atoms with Gasteiger partial charge in [0.15, 0.2) is 0 Å². The van der Waals surface area contributed by atoms with Crippen molar-refractivity contribution in [1.29, 1.82) is 0 Å². The van der Waals surface area contributed by atoms with Crippen molar-refractivity contribution < 1.29 is 27.8 Å². The molecule has 3 aromatic carbocycles. The van der Waals surface area contributed by atoms with Crippen molar-refractivity contribution in [1.82, 2.24) is 10.3 Å². The van der Waals surface area contributed by atoms with Crippen LogP contribution in [0.2, 0.25) is 0 Å². The molecule has 200 valence electrons. The van der Waals surface area contributed by atoms with Crippen LogP contribution in [0.5, 0.6) is 11.5 Å². The summed E-state index contributed by atoms with van der Waals surface area (Å²) in [4.78, 5) is 29.4. The third-order valence-electron chi connectivity index (χ3n) is 6.21. The number of hydrogen-bond acceptors (Lipinski definition) is 5. The molecule has 7 nitrogen and oxygen atoms in total. The maximum Gasteiger partial charge on any atom is 0.248 e. The van der Waals surface area contributed by atoms with Gasteiger partial charge in [0.05, 0.1) is 32.4 Å². The molecule has 1 aromatic heterocycles. The zero-order valence-electron chi connectivity index (χ0n) is 21.4. The minimum Gasteiger partial charge on any atom is -0.497 e. The maximum absolute atomic E-state index is 14.2. The molecule has 2 amide bonds. The Hall–Kier alpha value is -4.79. The molecule has 0 saturated carbocycles. The molecule has 0 spiro atoms. The summed E-state index contributed by atoms with van der Waals surface area (Å²) in [6.07, 6.45) is 1.66. The average Bonchev–Trinajstić information content (AvgIpc) is 2.92. The topological polar surface area (TPSA) is 104 Å². The van der Waals surface area contributed by atoms with E-state index < -0.39 is 23.6 Å². The lowest BCUT2D eigenvalue weighted by Gasteiger charge is -2.21. The monoisotopic (exact) mass is 531 g/mol. The number of nitrogens with two attached hydrogens (primary N) is 1. The first-order valence-corrected chi connectivity index (χ1v) is 12.1. The predicted molar refractivity (Wildman–Crippen MR) is 142 cm³/mol. The van der Waals surface area contributed by atoms with Gasteiger partial charge in [0.1, 0.15) is 23.1 Å². The Labute approximate surface area is 224 Å². The number of halogens is 2. The van der Waals surface area contributed by atoms with Crippen LogP contribution in [0.3, 0.4) is 0 Å². The van der Waals surface area contributed by atoms with Crippen molar-refractivity contribution in [3.63, 3.8) is 0 Å². The summed E-state index contributed by atoms with van der Waals surface area (Å²) in [5.74, 6) is -1.45. The van der Waals surface area contributed by atoms with E-state index in [2.05, 4.69) is 10.3 Å². The number of ether oxygens (including phenoxy) is 2. The summed E-state index contributed by atoms with van der Waals surface area (Å²) >= 11 is 0. The molecule has 1 atom stereocenters. The lowest BCUT2D eigenvalue weighted by atomic mass is 9.95. The Bertz CT molecular complexity index is 1490. The van der Waals surface area contributed by atoms with Crippen LogP contribution < -0.4 is 20.5 Å². The van der Waals surface area contributed by atoms with Gasteiger partial charge in [-0.05, 0) is 47.5 Å². The number of hydrogen-bond donors (Lipinski definition) is 2. The molecule has 0 saturated heterocycles. The number of primary amides is 1. The van der Waals surface area contributed by atoms with Crippen molar-refractivity contribution in [2.75, 3.05) is 14.2 Å². The van der Waals surface area contributed by atoms with E-state index in [1.165, 1.54) is 26.4 Å². The van der Waals surface area contributed by atoms with Gasteiger partial charge in [0.2, 0.25) is 11.8 Å². The summed E-state index contributed by atoms with van der Waals surface area (Å²) in [5, 5.41) is 2.90. The molecular weight excluding hydrogens is 504 g/mol. The second-order valence-electron chi connectivity index (χ2n) is 8.82. The Kier molecular flexibility index (Phi) is 8.50. The fraction of sp³-hybridized carbons (Fsp3) is 0.167. The first kappa shape index (κ1) is 27.3. The van der Waals surface area contributed by atoms with Crippen molar-refractivity contribution in [3.05, 3.63) is 113 Å². The SMILES string of the molecule is COc1ccc(CC(=O)NC(Cc2ncccc2-c2cccc(C(N)=O)c2)c2cc(F)cc(F)c2)c(OC)c1. The lowest BCUT2D eigenvalue weighted by molar-refractivity contribution is -0.121.